The van der Waals surface area contributed by atoms with Gasteiger partial charge in [0, 0.05) is 28.3 Å². The monoisotopic (exact) mass is 341 g/mol. The van der Waals surface area contributed by atoms with Crippen LogP contribution in [0.5, 0.6) is 0 Å². The van der Waals surface area contributed by atoms with Gasteiger partial charge in [0.2, 0.25) is 0 Å². The molecule has 0 spiro atoms. The summed E-state index contributed by atoms with van der Waals surface area (Å²) in [5, 5.41) is 3.50. The highest BCUT2D eigenvalue weighted by molar-refractivity contribution is 9.10. The van der Waals surface area contributed by atoms with E-state index in [0.29, 0.717) is 11.0 Å². The number of rotatable bonds is 4. The first-order valence-corrected chi connectivity index (χ1v) is 7.81. The lowest BCUT2D eigenvalue weighted by Crippen LogP contribution is -2.40. The predicted octanol–water partition coefficient (Wildman–Crippen LogP) is 2.98. The van der Waals surface area contributed by atoms with Gasteiger partial charge in [0.1, 0.15) is 4.99 Å². The van der Waals surface area contributed by atoms with Crippen molar-refractivity contribution in [2.45, 2.75) is 25.3 Å². The second-order valence-corrected chi connectivity index (χ2v) is 6.36. The lowest BCUT2D eigenvalue weighted by molar-refractivity contribution is 0.194. The highest BCUT2D eigenvalue weighted by atomic mass is 79.9. The van der Waals surface area contributed by atoms with E-state index in [9.17, 15) is 0 Å². The van der Waals surface area contributed by atoms with Crippen LogP contribution in [0.2, 0.25) is 0 Å². The third kappa shape index (κ3) is 3.91. The molecule has 1 aromatic rings. The Labute approximate surface area is 128 Å². The summed E-state index contributed by atoms with van der Waals surface area (Å²) in [4.78, 5) is 2.86. The molecule has 1 aromatic carbocycles. The van der Waals surface area contributed by atoms with E-state index in [1.807, 2.05) is 18.2 Å². The molecular weight excluding hydrogens is 322 g/mol. The van der Waals surface area contributed by atoms with E-state index in [-0.39, 0.29) is 0 Å². The number of piperidine rings is 1. The second kappa shape index (κ2) is 6.68. The van der Waals surface area contributed by atoms with Crippen LogP contribution in [-0.4, -0.2) is 36.1 Å². The Hall–Kier alpha value is -0.650. The Bertz CT molecular complexity index is 464. The molecule has 1 aliphatic heterocycles. The van der Waals surface area contributed by atoms with Crippen molar-refractivity contribution in [2.24, 2.45) is 5.73 Å². The van der Waals surface area contributed by atoms with Gasteiger partial charge in [-0.2, -0.15) is 0 Å². The van der Waals surface area contributed by atoms with Crippen molar-refractivity contribution in [3.8, 4) is 0 Å². The normalized spacial score (nSPS) is 20.2. The molecule has 0 amide bonds. The van der Waals surface area contributed by atoms with Crippen molar-refractivity contribution in [2.75, 3.05) is 25.5 Å². The Balaban J connectivity index is 1.96. The quantitative estimate of drug-likeness (QED) is 0.826. The number of hydrogen-bond donors (Lipinski definition) is 2. The van der Waals surface area contributed by atoms with Gasteiger partial charge in [-0.05, 0) is 60.6 Å². The molecule has 0 saturated carbocycles. The minimum absolute atomic E-state index is 0.422. The van der Waals surface area contributed by atoms with Crippen LogP contribution in [0.4, 0.5) is 5.69 Å². The molecule has 104 valence electrons. The van der Waals surface area contributed by atoms with Crippen molar-refractivity contribution in [3.05, 3.63) is 28.2 Å². The lowest BCUT2D eigenvalue weighted by atomic mass is 10.0. The van der Waals surface area contributed by atoms with Gasteiger partial charge in [-0.25, -0.2) is 0 Å². The van der Waals surface area contributed by atoms with Crippen molar-refractivity contribution in [1.82, 2.24) is 4.90 Å². The number of halogens is 1. The number of nitrogens with one attached hydrogen (secondary N) is 1. The smallest absolute Gasteiger partial charge is 0.105 e. The van der Waals surface area contributed by atoms with Gasteiger partial charge in [0.25, 0.3) is 0 Å². The molecular formula is C14H20BrN3S. The fourth-order valence-electron chi connectivity index (χ4n) is 2.46. The molecule has 0 aliphatic carbocycles. The summed E-state index contributed by atoms with van der Waals surface area (Å²) in [6, 6.07) is 6.65. The summed E-state index contributed by atoms with van der Waals surface area (Å²) in [7, 11) is 2.21. The van der Waals surface area contributed by atoms with E-state index in [4.69, 9.17) is 18.0 Å². The second-order valence-electron chi connectivity index (χ2n) is 5.07. The first-order chi connectivity index (χ1) is 9.08. The number of hydrogen-bond acceptors (Lipinski definition) is 3. The van der Waals surface area contributed by atoms with E-state index >= 15 is 0 Å². The van der Waals surface area contributed by atoms with Gasteiger partial charge >= 0.3 is 0 Å². The zero-order valence-corrected chi connectivity index (χ0v) is 13.6. The summed E-state index contributed by atoms with van der Waals surface area (Å²) in [5.41, 5.74) is 7.64. The Morgan fingerprint density at radius 1 is 1.53 bits per heavy atom. The molecule has 1 saturated heterocycles. The van der Waals surface area contributed by atoms with Gasteiger partial charge in [-0.3, -0.25) is 0 Å². The minimum Gasteiger partial charge on any atom is -0.389 e. The summed E-state index contributed by atoms with van der Waals surface area (Å²) >= 11 is 8.50. The third-order valence-electron chi connectivity index (χ3n) is 3.70. The average molecular weight is 342 g/mol. The average Bonchev–Trinajstić information content (AvgIpc) is 2.37. The molecule has 2 rings (SSSR count). The van der Waals surface area contributed by atoms with Crippen molar-refractivity contribution in [3.63, 3.8) is 0 Å². The molecule has 1 atom stereocenters. The van der Waals surface area contributed by atoms with Gasteiger partial charge in [0.15, 0.2) is 0 Å². The van der Waals surface area contributed by atoms with Crippen LogP contribution in [-0.2, 0) is 0 Å². The molecule has 1 unspecified atom stereocenters. The van der Waals surface area contributed by atoms with Crippen LogP contribution in [0.15, 0.2) is 22.7 Å². The molecule has 0 aromatic heterocycles. The van der Waals surface area contributed by atoms with Gasteiger partial charge < -0.3 is 16.0 Å². The maximum absolute atomic E-state index is 5.65. The largest absolute Gasteiger partial charge is 0.389 e. The molecule has 3 nitrogen and oxygen atoms in total. The van der Waals surface area contributed by atoms with E-state index in [2.05, 4.69) is 33.2 Å². The van der Waals surface area contributed by atoms with Crippen LogP contribution < -0.4 is 11.1 Å². The number of nitrogens with two attached hydrogens (primary N) is 1. The maximum Gasteiger partial charge on any atom is 0.105 e. The van der Waals surface area contributed by atoms with Gasteiger partial charge in [0.05, 0.1) is 0 Å². The standard InChI is InChI=1S/C14H20BrN3S/c1-18-7-3-2-4-11(18)9-17-10-5-6-12(14(16)19)13(15)8-10/h5-6,8,11,17H,2-4,7,9H2,1H3,(H2,16,19). The van der Waals surface area contributed by atoms with Gasteiger partial charge in [-0.1, -0.05) is 18.6 Å². The SMILES string of the molecule is CN1CCCCC1CNc1ccc(C(N)=S)c(Br)c1. The lowest BCUT2D eigenvalue weighted by Gasteiger charge is -2.32. The van der Waals surface area contributed by atoms with Crippen molar-refractivity contribution >= 4 is 38.8 Å². The number of thiocarbonyl (C=S) groups is 1. The molecule has 1 heterocycles. The predicted molar refractivity (Wildman–Crippen MR) is 88.8 cm³/mol. The number of likely N-dealkylation sites (tertiary alicyclic amines) is 1. The molecule has 1 aliphatic rings. The first-order valence-electron chi connectivity index (χ1n) is 6.61. The minimum atomic E-state index is 0.422. The molecule has 0 bridgehead atoms. The van der Waals surface area contributed by atoms with Gasteiger partial charge in [-0.15, -0.1) is 0 Å². The summed E-state index contributed by atoms with van der Waals surface area (Å²) < 4.78 is 0.946. The fourth-order valence-corrected chi connectivity index (χ4v) is 3.36. The summed E-state index contributed by atoms with van der Waals surface area (Å²) in [5.74, 6) is 0. The zero-order valence-electron chi connectivity index (χ0n) is 11.2. The number of anilines is 1. The number of likely N-dealkylation sites (N-methyl/N-ethyl adjacent to an activating group) is 1. The highest BCUT2D eigenvalue weighted by Crippen LogP contribution is 2.22. The van der Waals surface area contributed by atoms with Crippen LogP contribution in [0, 0.1) is 0 Å². The van der Waals surface area contributed by atoms with Crippen LogP contribution in [0.1, 0.15) is 24.8 Å². The van der Waals surface area contributed by atoms with Crippen molar-refractivity contribution in [1.29, 1.82) is 0 Å². The Morgan fingerprint density at radius 3 is 2.95 bits per heavy atom. The highest BCUT2D eigenvalue weighted by Gasteiger charge is 2.18. The molecule has 5 heteroatoms. The van der Waals surface area contributed by atoms with E-state index in [0.717, 1.165) is 22.3 Å². The summed E-state index contributed by atoms with van der Waals surface area (Å²) in [6.07, 6.45) is 3.93. The maximum atomic E-state index is 5.65. The van der Waals surface area contributed by atoms with Crippen LogP contribution in [0.25, 0.3) is 0 Å². The van der Waals surface area contributed by atoms with E-state index < -0.39 is 0 Å². The first kappa shape index (κ1) is 14.8. The molecule has 0 radical (unpaired) electrons. The molecule has 3 N–H and O–H groups in total. The fraction of sp³-hybridized carbons (Fsp3) is 0.500. The van der Waals surface area contributed by atoms with Crippen LogP contribution >= 0.6 is 28.1 Å². The topological polar surface area (TPSA) is 41.3 Å². The summed E-state index contributed by atoms with van der Waals surface area (Å²) in [6.45, 7) is 2.19. The number of benzene rings is 1. The Morgan fingerprint density at radius 2 is 2.32 bits per heavy atom. The van der Waals surface area contributed by atoms with E-state index in [1.165, 1.54) is 25.8 Å². The Kier molecular flexibility index (Phi) is 5.19. The van der Waals surface area contributed by atoms with Crippen molar-refractivity contribution < 1.29 is 0 Å². The van der Waals surface area contributed by atoms with E-state index in [1.54, 1.807) is 0 Å². The van der Waals surface area contributed by atoms with Crippen LogP contribution in [0.3, 0.4) is 0 Å². The molecule has 1 fully saturated rings. The zero-order chi connectivity index (χ0) is 13.8. The third-order valence-corrected chi connectivity index (χ3v) is 4.57. The number of nitrogens with zero attached hydrogens (tertiary/aromatic N) is 1. The molecule has 19 heavy (non-hydrogen) atoms.